The van der Waals surface area contributed by atoms with E-state index < -0.39 is 0 Å². The van der Waals surface area contributed by atoms with Gasteiger partial charge in [-0.15, -0.1) is 0 Å². The Kier molecular flexibility index (Phi) is 4.37. The minimum atomic E-state index is -0.348. The summed E-state index contributed by atoms with van der Waals surface area (Å²) in [5, 5.41) is 2.74. The molecule has 1 aliphatic heterocycles. The Morgan fingerprint density at radius 3 is 2.57 bits per heavy atom. The first-order valence-corrected chi connectivity index (χ1v) is 6.94. The van der Waals surface area contributed by atoms with Crippen LogP contribution in [0.5, 0.6) is 0 Å². The van der Waals surface area contributed by atoms with Gasteiger partial charge in [-0.1, -0.05) is 13.3 Å². The topological polar surface area (TPSA) is 92.5 Å². The summed E-state index contributed by atoms with van der Waals surface area (Å²) in [5.41, 5.74) is 6.79. The molecule has 0 spiro atoms. The highest BCUT2D eigenvalue weighted by molar-refractivity contribution is 6.21. The number of nitrogens with one attached hydrogen (secondary N) is 1. The molecule has 3 amide bonds. The summed E-state index contributed by atoms with van der Waals surface area (Å²) in [7, 11) is 1.44. The van der Waals surface area contributed by atoms with E-state index in [2.05, 4.69) is 5.32 Å². The van der Waals surface area contributed by atoms with Gasteiger partial charge in [0.1, 0.15) is 0 Å². The number of anilines is 1. The van der Waals surface area contributed by atoms with Crippen molar-refractivity contribution in [1.29, 1.82) is 0 Å². The summed E-state index contributed by atoms with van der Waals surface area (Å²) in [4.78, 5) is 36.6. The molecule has 0 saturated carbocycles. The molecule has 112 valence electrons. The summed E-state index contributed by atoms with van der Waals surface area (Å²) in [6.45, 7) is 2.45. The molecule has 1 aromatic rings. The molecular weight excluding hydrogens is 270 g/mol. The van der Waals surface area contributed by atoms with Crippen LogP contribution in [-0.4, -0.2) is 36.2 Å². The Bertz CT molecular complexity index is 594. The molecule has 0 saturated heterocycles. The third-order valence-corrected chi connectivity index (χ3v) is 3.76. The van der Waals surface area contributed by atoms with Crippen LogP contribution in [0, 0.1) is 5.92 Å². The molecule has 0 bridgehead atoms. The van der Waals surface area contributed by atoms with Crippen LogP contribution >= 0.6 is 0 Å². The normalized spacial score (nSPS) is 15.1. The maximum Gasteiger partial charge on any atom is 0.261 e. The van der Waals surface area contributed by atoms with Crippen LogP contribution in [0.25, 0.3) is 0 Å². The Balaban J connectivity index is 2.12. The Hall–Kier alpha value is -2.21. The van der Waals surface area contributed by atoms with E-state index in [1.165, 1.54) is 7.05 Å². The summed E-state index contributed by atoms with van der Waals surface area (Å²) in [6, 6.07) is 4.74. The van der Waals surface area contributed by atoms with Crippen LogP contribution < -0.4 is 11.1 Å². The van der Waals surface area contributed by atoms with Crippen molar-refractivity contribution >= 4 is 23.4 Å². The molecule has 0 radical (unpaired) electrons. The number of hydrogen-bond donors (Lipinski definition) is 2. The first kappa shape index (κ1) is 15.2. The maximum absolute atomic E-state index is 11.9. The van der Waals surface area contributed by atoms with Gasteiger partial charge >= 0.3 is 0 Å². The lowest BCUT2D eigenvalue weighted by Gasteiger charge is -2.12. The van der Waals surface area contributed by atoms with Crippen molar-refractivity contribution in [3.8, 4) is 0 Å². The zero-order valence-corrected chi connectivity index (χ0v) is 12.2. The van der Waals surface area contributed by atoms with Crippen molar-refractivity contribution in [2.75, 3.05) is 18.9 Å². The fourth-order valence-electron chi connectivity index (χ4n) is 2.31. The number of carbonyl (C=O) groups excluding carboxylic acids is 3. The minimum Gasteiger partial charge on any atom is -0.330 e. The average Bonchev–Trinajstić information content (AvgIpc) is 2.69. The van der Waals surface area contributed by atoms with Crippen LogP contribution in [0.15, 0.2) is 18.2 Å². The Morgan fingerprint density at radius 2 is 1.95 bits per heavy atom. The second-order valence-electron chi connectivity index (χ2n) is 5.19. The van der Waals surface area contributed by atoms with E-state index in [1.807, 2.05) is 6.92 Å². The second-order valence-corrected chi connectivity index (χ2v) is 5.19. The summed E-state index contributed by atoms with van der Waals surface area (Å²) >= 11 is 0. The average molecular weight is 289 g/mol. The highest BCUT2D eigenvalue weighted by atomic mass is 16.2. The molecule has 2 rings (SSSR count). The molecule has 1 aromatic carbocycles. The Labute approximate surface area is 123 Å². The standard InChI is InChI=1S/C15H19N3O3/c1-3-9(8-16)6-13(19)17-10-4-5-11-12(7-10)15(21)18(2)14(11)20/h4-5,7,9H,3,6,8,16H2,1-2H3,(H,17,19). The van der Waals surface area contributed by atoms with Gasteiger partial charge in [0.25, 0.3) is 11.8 Å². The SMILES string of the molecule is CCC(CN)CC(=O)Nc1ccc2c(c1)C(=O)N(C)C2=O. The third-order valence-electron chi connectivity index (χ3n) is 3.76. The van der Waals surface area contributed by atoms with Crippen molar-refractivity contribution < 1.29 is 14.4 Å². The molecule has 1 heterocycles. The zero-order chi connectivity index (χ0) is 15.6. The summed E-state index contributed by atoms with van der Waals surface area (Å²) in [6.07, 6.45) is 1.18. The monoisotopic (exact) mass is 289 g/mol. The highest BCUT2D eigenvalue weighted by Crippen LogP contribution is 2.25. The van der Waals surface area contributed by atoms with Crippen LogP contribution in [0.4, 0.5) is 5.69 Å². The van der Waals surface area contributed by atoms with Crippen molar-refractivity contribution in [3.63, 3.8) is 0 Å². The number of benzene rings is 1. The fourth-order valence-corrected chi connectivity index (χ4v) is 2.31. The molecule has 3 N–H and O–H groups in total. The number of hydrogen-bond acceptors (Lipinski definition) is 4. The number of nitrogens with two attached hydrogens (primary N) is 1. The lowest BCUT2D eigenvalue weighted by Crippen LogP contribution is -2.24. The zero-order valence-electron chi connectivity index (χ0n) is 12.2. The van der Waals surface area contributed by atoms with Gasteiger partial charge < -0.3 is 11.1 Å². The summed E-state index contributed by atoms with van der Waals surface area (Å²) < 4.78 is 0. The van der Waals surface area contributed by atoms with Gasteiger partial charge in [-0.3, -0.25) is 19.3 Å². The van der Waals surface area contributed by atoms with Crippen molar-refractivity contribution in [2.45, 2.75) is 19.8 Å². The van der Waals surface area contributed by atoms with Crippen molar-refractivity contribution in [3.05, 3.63) is 29.3 Å². The number of rotatable bonds is 5. The number of amides is 3. The van der Waals surface area contributed by atoms with Crippen LogP contribution in [0.3, 0.4) is 0 Å². The predicted molar refractivity (Wildman–Crippen MR) is 78.9 cm³/mol. The van der Waals surface area contributed by atoms with Gasteiger partial charge in [0.15, 0.2) is 0 Å². The van der Waals surface area contributed by atoms with Crippen LogP contribution in [0.2, 0.25) is 0 Å². The molecule has 1 aliphatic rings. The van der Waals surface area contributed by atoms with Gasteiger partial charge in [0.2, 0.25) is 5.91 Å². The second kappa shape index (κ2) is 6.05. The smallest absolute Gasteiger partial charge is 0.261 e. The van der Waals surface area contributed by atoms with E-state index in [0.29, 0.717) is 29.8 Å². The molecule has 21 heavy (non-hydrogen) atoms. The molecule has 6 heteroatoms. The largest absolute Gasteiger partial charge is 0.330 e. The van der Waals surface area contributed by atoms with Crippen LogP contribution in [0.1, 0.15) is 40.5 Å². The molecule has 1 atom stereocenters. The summed E-state index contributed by atoms with van der Waals surface area (Å²) in [5.74, 6) is -0.660. The van der Waals surface area contributed by atoms with Gasteiger partial charge in [0.05, 0.1) is 11.1 Å². The van der Waals surface area contributed by atoms with E-state index in [9.17, 15) is 14.4 Å². The number of nitrogens with zero attached hydrogens (tertiary/aromatic N) is 1. The Morgan fingerprint density at radius 1 is 1.29 bits per heavy atom. The quantitative estimate of drug-likeness (QED) is 0.797. The van der Waals surface area contributed by atoms with Gasteiger partial charge in [-0.05, 0) is 30.7 Å². The van der Waals surface area contributed by atoms with Crippen molar-refractivity contribution in [2.24, 2.45) is 11.7 Å². The van der Waals surface area contributed by atoms with E-state index >= 15 is 0 Å². The number of fused-ring (bicyclic) bond motifs is 1. The molecular formula is C15H19N3O3. The number of imide groups is 1. The number of carbonyl (C=O) groups is 3. The third kappa shape index (κ3) is 2.95. The van der Waals surface area contributed by atoms with E-state index in [0.717, 1.165) is 11.3 Å². The van der Waals surface area contributed by atoms with Gasteiger partial charge in [-0.25, -0.2) is 0 Å². The molecule has 0 fully saturated rings. The van der Waals surface area contributed by atoms with E-state index in [1.54, 1.807) is 18.2 Å². The van der Waals surface area contributed by atoms with Gasteiger partial charge in [0, 0.05) is 19.2 Å². The van der Waals surface area contributed by atoms with Crippen molar-refractivity contribution in [1.82, 2.24) is 4.90 Å². The fraction of sp³-hybridized carbons (Fsp3) is 0.400. The van der Waals surface area contributed by atoms with Gasteiger partial charge in [-0.2, -0.15) is 0 Å². The lowest BCUT2D eigenvalue weighted by molar-refractivity contribution is -0.117. The molecule has 0 aromatic heterocycles. The lowest BCUT2D eigenvalue weighted by atomic mass is 10.0. The van der Waals surface area contributed by atoms with E-state index in [-0.39, 0.29) is 23.6 Å². The molecule has 1 unspecified atom stereocenters. The molecule has 0 aliphatic carbocycles. The minimum absolute atomic E-state index is 0.141. The first-order valence-electron chi connectivity index (χ1n) is 6.94. The predicted octanol–water partition coefficient (Wildman–Crippen LogP) is 1.23. The highest BCUT2D eigenvalue weighted by Gasteiger charge is 2.32. The van der Waals surface area contributed by atoms with Crippen LogP contribution in [-0.2, 0) is 4.79 Å². The molecule has 6 nitrogen and oxygen atoms in total. The first-order chi connectivity index (χ1) is 9.97. The maximum atomic E-state index is 11.9. The van der Waals surface area contributed by atoms with E-state index in [4.69, 9.17) is 5.73 Å².